The van der Waals surface area contributed by atoms with Crippen molar-refractivity contribution in [3.63, 3.8) is 0 Å². The lowest BCUT2D eigenvalue weighted by atomic mass is 10.2. The summed E-state index contributed by atoms with van der Waals surface area (Å²) >= 11 is 0. The molecule has 0 aliphatic rings. The number of imidazole rings is 1. The van der Waals surface area contributed by atoms with Crippen molar-refractivity contribution in [3.8, 4) is 17.3 Å². The number of anilines is 4. The topological polar surface area (TPSA) is 107 Å². The predicted molar refractivity (Wildman–Crippen MR) is 145 cm³/mol. The number of para-hydroxylation sites is 2. The molecule has 0 saturated heterocycles. The summed E-state index contributed by atoms with van der Waals surface area (Å²) in [4.78, 5) is 18.1. The number of nitrogens with two attached hydrogens (primary N) is 1. The van der Waals surface area contributed by atoms with E-state index in [2.05, 4.69) is 20.1 Å². The Hall–Kier alpha value is -3.89. The summed E-state index contributed by atoms with van der Waals surface area (Å²) < 4.78 is 13.2. The van der Waals surface area contributed by atoms with Gasteiger partial charge in [0.05, 0.1) is 34.7 Å². The molecule has 0 unspecified atom stereocenters. The Balaban J connectivity index is 1.64. The predicted octanol–water partition coefficient (Wildman–Crippen LogP) is 3.38. The van der Waals surface area contributed by atoms with Crippen molar-refractivity contribution in [2.24, 2.45) is 7.05 Å². The van der Waals surface area contributed by atoms with Crippen LogP contribution in [0.4, 0.5) is 23.0 Å². The van der Waals surface area contributed by atoms with E-state index in [1.54, 1.807) is 13.3 Å². The minimum atomic E-state index is 0.400. The van der Waals surface area contributed by atoms with Gasteiger partial charge in [-0.05, 0) is 38.4 Å². The average molecular weight is 491 g/mol. The number of aryl methyl sites for hydroxylation is 1. The molecule has 10 heteroatoms. The summed E-state index contributed by atoms with van der Waals surface area (Å²) in [5.41, 5.74) is 11.3. The van der Waals surface area contributed by atoms with E-state index in [1.165, 1.54) is 0 Å². The molecule has 0 radical (unpaired) electrons. The van der Waals surface area contributed by atoms with Crippen LogP contribution in [0.1, 0.15) is 0 Å². The Labute approximate surface area is 211 Å². The van der Waals surface area contributed by atoms with Crippen LogP contribution >= 0.6 is 0 Å². The van der Waals surface area contributed by atoms with Gasteiger partial charge in [0.1, 0.15) is 18.1 Å². The van der Waals surface area contributed by atoms with Crippen molar-refractivity contribution in [2.45, 2.75) is 0 Å². The molecule has 0 spiro atoms. The van der Waals surface area contributed by atoms with Gasteiger partial charge in [0.15, 0.2) is 5.82 Å². The molecule has 0 atom stereocenters. The van der Waals surface area contributed by atoms with Gasteiger partial charge in [0.2, 0.25) is 5.95 Å². The van der Waals surface area contributed by atoms with Crippen LogP contribution in [0.5, 0.6) is 5.75 Å². The molecular formula is C26H34N8O2. The smallest absolute Gasteiger partial charge is 0.227 e. The first-order chi connectivity index (χ1) is 17.4. The Bertz CT molecular complexity index is 1320. The van der Waals surface area contributed by atoms with Crippen LogP contribution in [-0.4, -0.2) is 79.0 Å². The van der Waals surface area contributed by atoms with E-state index in [0.717, 1.165) is 35.6 Å². The minimum absolute atomic E-state index is 0.400. The minimum Gasteiger partial charge on any atom is -0.489 e. The van der Waals surface area contributed by atoms with Crippen molar-refractivity contribution in [1.29, 1.82) is 0 Å². The SMILES string of the molecule is COCCOc1cc(N(C)CCN(C)C)c(N)cc1Nc1nccc(-c2nc3ccccc3n2C)n1. The van der Waals surface area contributed by atoms with Crippen LogP contribution in [0.25, 0.3) is 22.6 Å². The normalized spacial score (nSPS) is 11.3. The maximum atomic E-state index is 6.46. The quantitative estimate of drug-likeness (QED) is 0.242. The van der Waals surface area contributed by atoms with E-state index in [4.69, 9.17) is 25.2 Å². The largest absolute Gasteiger partial charge is 0.489 e. The molecular weight excluding hydrogens is 456 g/mol. The van der Waals surface area contributed by atoms with Crippen LogP contribution in [0.3, 0.4) is 0 Å². The van der Waals surface area contributed by atoms with E-state index in [9.17, 15) is 0 Å². The molecule has 0 saturated carbocycles. The van der Waals surface area contributed by atoms with Gasteiger partial charge >= 0.3 is 0 Å². The summed E-state index contributed by atoms with van der Waals surface area (Å²) in [5, 5.41) is 3.29. The Kier molecular flexibility index (Phi) is 7.87. The van der Waals surface area contributed by atoms with Crippen molar-refractivity contribution in [1.82, 2.24) is 24.4 Å². The number of hydrogen-bond donors (Lipinski definition) is 2. The van der Waals surface area contributed by atoms with Crippen LogP contribution in [0.15, 0.2) is 48.7 Å². The second-order valence-corrected chi connectivity index (χ2v) is 8.85. The highest BCUT2D eigenvalue weighted by Gasteiger charge is 2.16. The maximum absolute atomic E-state index is 6.46. The van der Waals surface area contributed by atoms with Crippen molar-refractivity contribution >= 4 is 34.0 Å². The number of fused-ring (bicyclic) bond motifs is 1. The number of hydrogen-bond acceptors (Lipinski definition) is 9. The molecule has 2 aromatic carbocycles. The third-order valence-corrected chi connectivity index (χ3v) is 5.89. The highest BCUT2D eigenvalue weighted by molar-refractivity contribution is 5.81. The molecule has 0 aliphatic carbocycles. The molecule has 0 aliphatic heterocycles. The van der Waals surface area contributed by atoms with E-state index in [0.29, 0.717) is 42.0 Å². The Morgan fingerprint density at radius 1 is 1.03 bits per heavy atom. The molecule has 0 amide bonds. The summed E-state index contributed by atoms with van der Waals surface area (Å²) in [5.74, 6) is 1.82. The first-order valence-corrected chi connectivity index (χ1v) is 11.8. The summed E-state index contributed by atoms with van der Waals surface area (Å²) in [6.07, 6.45) is 1.71. The zero-order valence-corrected chi connectivity index (χ0v) is 21.5. The standard InChI is InChI=1S/C26H34N8O2/c1-32(2)12-13-33(3)23-17-24(36-15-14-35-5)21(16-18(23)27)31-26-28-11-10-20(30-26)25-29-19-8-6-7-9-22(19)34(25)4/h6-11,16-17H,12-15,27H2,1-5H3,(H,28,30,31). The van der Waals surface area contributed by atoms with Gasteiger partial charge in [-0.2, -0.15) is 0 Å². The molecule has 2 aromatic heterocycles. The zero-order valence-electron chi connectivity index (χ0n) is 21.5. The van der Waals surface area contributed by atoms with Gasteiger partial charge in [-0.3, -0.25) is 0 Å². The number of aromatic nitrogens is 4. The molecule has 36 heavy (non-hydrogen) atoms. The van der Waals surface area contributed by atoms with E-state index >= 15 is 0 Å². The van der Waals surface area contributed by atoms with Gasteiger partial charge in [-0.1, -0.05) is 12.1 Å². The van der Waals surface area contributed by atoms with Crippen molar-refractivity contribution in [3.05, 3.63) is 48.7 Å². The number of likely N-dealkylation sites (N-methyl/N-ethyl adjacent to an activating group) is 2. The molecule has 0 fully saturated rings. The van der Waals surface area contributed by atoms with E-state index in [-0.39, 0.29) is 0 Å². The van der Waals surface area contributed by atoms with E-state index in [1.807, 2.05) is 75.2 Å². The molecule has 4 aromatic rings. The summed E-state index contributed by atoms with van der Waals surface area (Å²) in [6.45, 7) is 2.59. The molecule has 4 rings (SSSR count). The highest BCUT2D eigenvalue weighted by atomic mass is 16.5. The lowest BCUT2D eigenvalue weighted by Crippen LogP contribution is -2.29. The van der Waals surface area contributed by atoms with Gasteiger partial charge in [0.25, 0.3) is 0 Å². The molecule has 0 bridgehead atoms. The summed E-state index contributed by atoms with van der Waals surface area (Å²) in [6, 6.07) is 13.6. The lowest BCUT2D eigenvalue weighted by molar-refractivity contribution is 0.146. The van der Waals surface area contributed by atoms with E-state index < -0.39 is 0 Å². The van der Waals surface area contributed by atoms with Gasteiger partial charge in [0, 0.05) is 46.6 Å². The number of nitrogens with zero attached hydrogens (tertiary/aromatic N) is 6. The fourth-order valence-corrected chi connectivity index (χ4v) is 3.88. The molecule has 190 valence electrons. The second-order valence-electron chi connectivity index (χ2n) is 8.85. The van der Waals surface area contributed by atoms with Crippen LogP contribution in [0.2, 0.25) is 0 Å². The monoisotopic (exact) mass is 490 g/mol. The Morgan fingerprint density at radius 2 is 1.83 bits per heavy atom. The third kappa shape index (κ3) is 5.67. The zero-order chi connectivity index (χ0) is 25.7. The lowest BCUT2D eigenvalue weighted by Gasteiger charge is -2.25. The number of nitrogen functional groups attached to an aromatic ring is 1. The fraction of sp³-hybridized carbons (Fsp3) is 0.346. The third-order valence-electron chi connectivity index (χ3n) is 5.89. The average Bonchev–Trinajstić information content (AvgIpc) is 3.20. The maximum Gasteiger partial charge on any atom is 0.227 e. The number of benzene rings is 2. The van der Waals surface area contributed by atoms with Gasteiger partial charge < -0.3 is 34.9 Å². The summed E-state index contributed by atoms with van der Waals surface area (Å²) in [7, 11) is 9.74. The second kappa shape index (κ2) is 11.2. The fourth-order valence-electron chi connectivity index (χ4n) is 3.88. The first-order valence-electron chi connectivity index (χ1n) is 11.8. The molecule has 3 N–H and O–H groups in total. The molecule has 2 heterocycles. The molecule has 10 nitrogen and oxygen atoms in total. The Morgan fingerprint density at radius 3 is 2.58 bits per heavy atom. The van der Waals surface area contributed by atoms with Crippen molar-refractivity contribution < 1.29 is 9.47 Å². The number of methoxy groups -OCH3 is 1. The highest BCUT2D eigenvalue weighted by Crippen LogP contribution is 2.36. The van der Waals surface area contributed by atoms with Crippen molar-refractivity contribution in [2.75, 3.05) is 70.5 Å². The number of ether oxygens (including phenoxy) is 2. The van der Waals surface area contributed by atoms with Crippen LogP contribution in [-0.2, 0) is 11.8 Å². The van der Waals surface area contributed by atoms with Gasteiger partial charge in [-0.15, -0.1) is 0 Å². The van der Waals surface area contributed by atoms with Crippen LogP contribution < -0.4 is 20.7 Å². The first kappa shape index (κ1) is 25.2. The number of rotatable bonds is 11. The van der Waals surface area contributed by atoms with Gasteiger partial charge in [-0.25, -0.2) is 15.0 Å². The number of nitrogens with one attached hydrogen (secondary N) is 1. The van der Waals surface area contributed by atoms with Crippen LogP contribution in [0, 0.1) is 0 Å².